The van der Waals surface area contributed by atoms with Gasteiger partial charge in [-0.05, 0) is 0 Å². The van der Waals surface area contributed by atoms with Crippen molar-refractivity contribution >= 4 is 89.1 Å². The zero-order chi connectivity index (χ0) is 26.2. The van der Waals surface area contributed by atoms with Gasteiger partial charge in [0.2, 0.25) is 0 Å². The van der Waals surface area contributed by atoms with Crippen molar-refractivity contribution < 1.29 is 0 Å². The van der Waals surface area contributed by atoms with Gasteiger partial charge in [-0.2, -0.15) is 0 Å². The van der Waals surface area contributed by atoms with Crippen LogP contribution in [0.4, 0.5) is 0 Å². The van der Waals surface area contributed by atoms with Crippen LogP contribution in [0.2, 0.25) is 0 Å². The van der Waals surface area contributed by atoms with Gasteiger partial charge in [-0.15, -0.1) is 0 Å². The Hall–Kier alpha value is -4.04. The van der Waals surface area contributed by atoms with Gasteiger partial charge in [-0.3, -0.25) is 0 Å². The number of rotatable bonds is 2. The van der Waals surface area contributed by atoms with Crippen molar-refractivity contribution in [1.82, 2.24) is 9.97 Å². The Morgan fingerprint density at radius 1 is 0.350 bits per heavy atom. The van der Waals surface area contributed by atoms with Crippen LogP contribution in [0.15, 0.2) is 122 Å². The normalized spacial score (nSPS) is 12.0. The maximum atomic E-state index is 5.09. The Balaban J connectivity index is 1.46. The van der Waals surface area contributed by atoms with Crippen LogP contribution >= 0.6 is 0 Å². The number of benzene rings is 5. The van der Waals surface area contributed by atoms with Gasteiger partial charge >= 0.3 is 243 Å². The van der Waals surface area contributed by atoms with Crippen molar-refractivity contribution in [2.45, 2.75) is 0 Å². The van der Waals surface area contributed by atoms with Crippen LogP contribution < -0.4 is 0 Å². The molecule has 0 atom stereocenters. The molecule has 186 valence electrons. The summed E-state index contributed by atoms with van der Waals surface area (Å²) in [4.78, 5) is 10.2. The molecule has 4 aromatic heterocycles. The van der Waals surface area contributed by atoms with Crippen LogP contribution in [0.25, 0.3) is 82.6 Å². The minimum absolute atomic E-state index is 0.215. The third-order valence-corrected chi connectivity index (χ3v) is 13.0. The Labute approximate surface area is 242 Å². The number of pyridine rings is 2. The first kappa shape index (κ1) is 22.7. The third-order valence-electron chi connectivity index (χ3n) is 7.99. The summed E-state index contributed by atoms with van der Waals surface area (Å²) in [6, 6.07) is 39.8. The summed E-state index contributed by atoms with van der Waals surface area (Å²) in [6.45, 7) is 0. The molecule has 2 nitrogen and oxygen atoms in total. The molecule has 0 saturated heterocycles. The van der Waals surface area contributed by atoms with E-state index in [1.807, 2.05) is 12.4 Å². The van der Waals surface area contributed by atoms with E-state index in [9.17, 15) is 0 Å². The summed E-state index contributed by atoms with van der Waals surface area (Å²) in [5.41, 5.74) is 4.72. The summed E-state index contributed by atoms with van der Waals surface area (Å²) in [6.07, 6.45) is 3.99. The molecule has 0 fully saturated rings. The van der Waals surface area contributed by atoms with E-state index in [0.717, 1.165) is 11.4 Å². The molecule has 9 aromatic rings. The molecule has 0 radical (unpaired) electrons. The summed E-state index contributed by atoms with van der Waals surface area (Å²) < 4.78 is 5.65. The van der Waals surface area contributed by atoms with Crippen molar-refractivity contribution in [3.63, 3.8) is 0 Å². The molecule has 0 N–H and O–H groups in total. The van der Waals surface area contributed by atoms with E-state index >= 15 is 0 Å². The Kier molecular flexibility index (Phi) is 4.96. The average Bonchev–Trinajstić information content (AvgIpc) is 3.59. The van der Waals surface area contributed by atoms with Gasteiger partial charge in [0.05, 0.1) is 0 Å². The summed E-state index contributed by atoms with van der Waals surface area (Å²) in [7, 11) is 0. The van der Waals surface area contributed by atoms with Gasteiger partial charge in [-0.25, -0.2) is 0 Å². The molecular weight excluding hydrogens is 618 g/mol. The summed E-state index contributed by atoms with van der Waals surface area (Å²) in [5, 5.41) is 10.4. The van der Waals surface area contributed by atoms with E-state index in [-0.39, 0.29) is 29.0 Å². The van der Waals surface area contributed by atoms with Gasteiger partial charge in [-0.1, -0.05) is 0 Å². The van der Waals surface area contributed by atoms with Crippen molar-refractivity contribution in [2.75, 3.05) is 0 Å². The SMILES string of the molecule is c1ccc2c(c1)[se]c1c(-c3c4ccccc4c(-c4nccc5c4[se]c4ccccc45)c4ccccc34)nccc12. The van der Waals surface area contributed by atoms with Crippen molar-refractivity contribution in [3.8, 4) is 22.5 Å². The van der Waals surface area contributed by atoms with Crippen LogP contribution in [0.1, 0.15) is 0 Å². The summed E-state index contributed by atoms with van der Waals surface area (Å²) >= 11 is 0.430. The van der Waals surface area contributed by atoms with Gasteiger partial charge < -0.3 is 0 Å². The van der Waals surface area contributed by atoms with E-state index < -0.39 is 0 Å². The number of aromatic nitrogens is 2. The first-order valence-electron chi connectivity index (χ1n) is 13.3. The van der Waals surface area contributed by atoms with Crippen LogP contribution in [0, 0.1) is 0 Å². The van der Waals surface area contributed by atoms with E-state index in [1.54, 1.807) is 0 Å². The molecule has 0 amide bonds. The molecule has 0 spiro atoms. The molecule has 40 heavy (non-hydrogen) atoms. The average molecular weight is 638 g/mol. The first-order chi connectivity index (χ1) is 19.9. The van der Waals surface area contributed by atoms with Crippen molar-refractivity contribution in [2.24, 2.45) is 0 Å². The van der Waals surface area contributed by atoms with Gasteiger partial charge in [0.25, 0.3) is 0 Å². The van der Waals surface area contributed by atoms with E-state index in [4.69, 9.17) is 9.97 Å². The van der Waals surface area contributed by atoms with Crippen LogP contribution in [0.5, 0.6) is 0 Å². The van der Waals surface area contributed by atoms with Gasteiger partial charge in [0.15, 0.2) is 0 Å². The fourth-order valence-electron chi connectivity index (χ4n) is 6.30. The zero-order valence-corrected chi connectivity index (χ0v) is 24.7. The molecule has 5 aromatic carbocycles. The summed E-state index contributed by atoms with van der Waals surface area (Å²) in [5.74, 6) is 0. The second kappa shape index (κ2) is 8.73. The first-order valence-corrected chi connectivity index (χ1v) is 16.8. The van der Waals surface area contributed by atoms with Gasteiger partial charge in [0.1, 0.15) is 0 Å². The standard InChI is InChI=1S/C36H20N2Se2/c1-2-12-24-23(11-1)31(33-35-27(17-19-37-33)21-9-5-7-15-29(21)39-35)25-13-3-4-14-26(25)32(24)34-36-28(18-20-38-34)22-10-6-8-16-30(22)40-36/h1-20H. The molecule has 4 heterocycles. The van der Waals surface area contributed by atoms with Crippen LogP contribution in [0.3, 0.4) is 0 Å². The fourth-order valence-corrected chi connectivity index (χ4v) is 11.3. The molecule has 0 aliphatic carbocycles. The van der Waals surface area contributed by atoms with Crippen molar-refractivity contribution in [1.29, 1.82) is 0 Å². The molecule has 0 bridgehead atoms. The van der Waals surface area contributed by atoms with Crippen LogP contribution in [-0.4, -0.2) is 39.0 Å². The Bertz CT molecular complexity index is 2220. The number of hydrogen-bond acceptors (Lipinski definition) is 2. The molecule has 0 aliphatic heterocycles. The topological polar surface area (TPSA) is 25.8 Å². The second-order valence-corrected chi connectivity index (χ2v) is 14.5. The molecule has 9 rings (SSSR count). The number of hydrogen-bond donors (Lipinski definition) is 0. The minimum atomic E-state index is 0.215. The molecule has 0 aliphatic rings. The number of nitrogens with zero attached hydrogens (tertiary/aromatic N) is 2. The Morgan fingerprint density at radius 3 is 1.10 bits per heavy atom. The third kappa shape index (κ3) is 3.17. The van der Waals surface area contributed by atoms with Crippen LogP contribution in [-0.2, 0) is 0 Å². The van der Waals surface area contributed by atoms with E-state index in [1.165, 1.54) is 71.3 Å². The second-order valence-electron chi connectivity index (χ2n) is 10.1. The van der Waals surface area contributed by atoms with E-state index in [2.05, 4.69) is 109 Å². The van der Waals surface area contributed by atoms with E-state index in [0.29, 0.717) is 0 Å². The fraction of sp³-hybridized carbons (Fsp3) is 0. The maximum absolute atomic E-state index is 5.09. The quantitative estimate of drug-likeness (QED) is 0.140. The molecule has 0 unspecified atom stereocenters. The predicted molar refractivity (Wildman–Crippen MR) is 172 cm³/mol. The Morgan fingerprint density at radius 2 is 0.700 bits per heavy atom. The monoisotopic (exact) mass is 640 g/mol. The zero-order valence-electron chi connectivity index (χ0n) is 21.3. The van der Waals surface area contributed by atoms with Gasteiger partial charge in [0, 0.05) is 0 Å². The van der Waals surface area contributed by atoms with Crippen molar-refractivity contribution in [3.05, 3.63) is 122 Å². The predicted octanol–water partition coefficient (Wildman–Crippen LogP) is 8.84. The number of fused-ring (bicyclic) bond motifs is 8. The molecule has 0 saturated carbocycles. The molecular formula is C36H20N2Se2. The molecule has 4 heteroatoms.